The molecule has 0 spiro atoms. The van der Waals surface area contributed by atoms with Crippen molar-refractivity contribution in [2.24, 2.45) is 0 Å². The first-order valence-corrected chi connectivity index (χ1v) is 9.58. The standard InChI is InChI=1S/C21H15N5S/c1-2-9-17(10-3-1)26-20-18(12-25-26)21(24-14-23-20)27-13-16-7-4-6-15-8-5-11-22-19(15)16/h1-12,14H,13H2. The quantitative estimate of drug-likeness (QED) is 0.341. The van der Waals surface area contributed by atoms with Crippen molar-refractivity contribution < 1.29 is 0 Å². The van der Waals surface area contributed by atoms with Crippen molar-refractivity contribution in [2.75, 3.05) is 0 Å². The Hall–Kier alpha value is -3.25. The molecule has 0 aliphatic heterocycles. The molecule has 0 amide bonds. The van der Waals surface area contributed by atoms with Gasteiger partial charge in [-0.05, 0) is 23.8 Å². The average Bonchev–Trinajstić information content (AvgIpc) is 3.17. The summed E-state index contributed by atoms with van der Waals surface area (Å²) >= 11 is 1.68. The van der Waals surface area contributed by atoms with Crippen LogP contribution in [0.15, 0.2) is 84.4 Å². The molecule has 3 heterocycles. The van der Waals surface area contributed by atoms with Crippen molar-refractivity contribution in [2.45, 2.75) is 10.8 Å². The van der Waals surface area contributed by atoms with Crippen LogP contribution in [0, 0.1) is 0 Å². The monoisotopic (exact) mass is 369 g/mol. The summed E-state index contributed by atoms with van der Waals surface area (Å²) in [7, 11) is 0. The molecule has 130 valence electrons. The number of fused-ring (bicyclic) bond motifs is 2. The van der Waals surface area contributed by atoms with Crippen LogP contribution in [0.4, 0.5) is 0 Å². The summed E-state index contributed by atoms with van der Waals surface area (Å²) in [4.78, 5) is 13.5. The van der Waals surface area contributed by atoms with E-state index in [0.29, 0.717) is 0 Å². The summed E-state index contributed by atoms with van der Waals surface area (Å²) < 4.78 is 1.85. The molecular weight excluding hydrogens is 354 g/mol. The Kier molecular flexibility index (Phi) is 4.03. The average molecular weight is 369 g/mol. The Bertz CT molecular complexity index is 1230. The van der Waals surface area contributed by atoms with Gasteiger partial charge in [-0.25, -0.2) is 14.6 Å². The summed E-state index contributed by atoms with van der Waals surface area (Å²) in [5, 5.41) is 7.56. The highest BCUT2D eigenvalue weighted by Crippen LogP contribution is 2.30. The Balaban J connectivity index is 1.50. The third-order valence-corrected chi connectivity index (χ3v) is 5.46. The van der Waals surface area contributed by atoms with E-state index in [1.807, 2.05) is 53.5 Å². The largest absolute Gasteiger partial charge is 0.256 e. The zero-order valence-corrected chi connectivity index (χ0v) is 15.2. The topological polar surface area (TPSA) is 56.5 Å². The Morgan fingerprint density at radius 2 is 1.74 bits per heavy atom. The third-order valence-electron chi connectivity index (χ3n) is 4.41. The number of hydrogen-bond donors (Lipinski definition) is 0. The Morgan fingerprint density at radius 1 is 0.852 bits per heavy atom. The minimum atomic E-state index is 0.789. The molecule has 0 unspecified atom stereocenters. The van der Waals surface area contributed by atoms with Gasteiger partial charge >= 0.3 is 0 Å². The van der Waals surface area contributed by atoms with Crippen molar-refractivity contribution in [3.8, 4) is 5.69 Å². The van der Waals surface area contributed by atoms with Crippen LogP contribution in [-0.4, -0.2) is 24.7 Å². The molecule has 0 bridgehead atoms. The number of benzene rings is 2. The molecule has 0 atom stereocenters. The molecule has 0 saturated carbocycles. The normalized spacial score (nSPS) is 11.3. The van der Waals surface area contributed by atoms with Gasteiger partial charge in [0.2, 0.25) is 0 Å². The maximum absolute atomic E-state index is 4.54. The lowest BCUT2D eigenvalue weighted by Gasteiger charge is -2.06. The van der Waals surface area contributed by atoms with Gasteiger partial charge < -0.3 is 0 Å². The molecule has 0 fully saturated rings. The van der Waals surface area contributed by atoms with E-state index in [1.54, 1.807) is 18.1 Å². The summed E-state index contributed by atoms with van der Waals surface area (Å²) in [6, 6.07) is 20.3. The molecule has 0 aliphatic carbocycles. The van der Waals surface area contributed by atoms with E-state index in [1.165, 1.54) is 5.56 Å². The number of thioether (sulfide) groups is 1. The Morgan fingerprint density at radius 3 is 2.67 bits per heavy atom. The smallest absolute Gasteiger partial charge is 0.167 e. The molecule has 0 saturated heterocycles. The summed E-state index contributed by atoms with van der Waals surface area (Å²) in [6.07, 6.45) is 5.28. The number of pyridine rings is 1. The zero-order chi connectivity index (χ0) is 18.1. The molecule has 3 aromatic heterocycles. The number of para-hydroxylation sites is 2. The van der Waals surface area contributed by atoms with E-state index in [-0.39, 0.29) is 0 Å². The summed E-state index contributed by atoms with van der Waals surface area (Å²) in [6.45, 7) is 0. The van der Waals surface area contributed by atoms with Gasteiger partial charge in [-0.3, -0.25) is 4.98 Å². The highest BCUT2D eigenvalue weighted by Gasteiger charge is 2.12. The van der Waals surface area contributed by atoms with Gasteiger partial charge in [0, 0.05) is 17.3 Å². The highest BCUT2D eigenvalue weighted by atomic mass is 32.2. The lowest BCUT2D eigenvalue weighted by Crippen LogP contribution is -1.97. The molecule has 2 aromatic carbocycles. The van der Waals surface area contributed by atoms with Gasteiger partial charge in [0.15, 0.2) is 5.65 Å². The van der Waals surface area contributed by atoms with E-state index in [4.69, 9.17) is 0 Å². The summed E-state index contributed by atoms with van der Waals surface area (Å²) in [5.41, 5.74) is 4.04. The highest BCUT2D eigenvalue weighted by molar-refractivity contribution is 7.98. The Labute approximate surface area is 160 Å². The van der Waals surface area contributed by atoms with Crippen LogP contribution in [0.25, 0.3) is 27.6 Å². The second-order valence-electron chi connectivity index (χ2n) is 6.09. The maximum Gasteiger partial charge on any atom is 0.167 e. The van der Waals surface area contributed by atoms with Crippen LogP contribution in [0.1, 0.15) is 5.56 Å². The predicted molar refractivity (Wildman–Crippen MR) is 108 cm³/mol. The van der Waals surface area contributed by atoms with Crippen LogP contribution in [-0.2, 0) is 5.75 Å². The van der Waals surface area contributed by atoms with Crippen molar-refractivity contribution in [1.82, 2.24) is 24.7 Å². The predicted octanol–water partition coefficient (Wildman–Crippen LogP) is 4.66. The molecule has 5 aromatic rings. The zero-order valence-electron chi connectivity index (χ0n) is 14.4. The second-order valence-corrected chi connectivity index (χ2v) is 7.05. The SMILES string of the molecule is c1ccc(-n2ncc3c(SCc4cccc5cccnc45)ncnc32)cc1. The molecule has 0 aliphatic rings. The molecule has 27 heavy (non-hydrogen) atoms. The van der Waals surface area contributed by atoms with Gasteiger partial charge in [-0.2, -0.15) is 5.10 Å². The van der Waals surface area contributed by atoms with Crippen LogP contribution in [0.2, 0.25) is 0 Å². The third kappa shape index (κ3) is 2.94. The lowest BCUT2D eigenvalue weighted by atomic mass is 10.1. The first kappa shape index (κ1) is 16.0. The van der Waals surface area contributed by atoms with Crippen LogP contribution in [0.5, 0.6) is 0 Å². The van der Waals surface area contributed by atoms with Crippen molar-refractivity contribution in [1.29, 1.82) is 0 Å². The molecule has 5 rings (SSSR count). The van der Waals surface area contributed by atoms with Gasteiger partial charge in [0.25, 0.3) is 0 Å². The van der Waals surface area contributed by atoms with Gasteiger partial charge in [-0.1, -0.05) is 42.5 Å². The van der Waals surface area contributed by atoms with E-state index >= 15 is 0 Å². The maximum atomic E-state index is 4.54. The molecule has 0 N–H and O–H groups in total. The van der Waals surface area contributed by atoms with E-state index in [9.17, 15) is 0 Å². The van der Waals surface area contributed by atoms with Crippen LogP contribution >= 0.6 is 11.8 Å². The minimum Gasteiger partial charge on any atom is -0.256 e. The van der Waals surface area contributed by atoms with Crippen molar-refractivity contribution in [3.63, 3.8) is 0 Å². The minimum absolute atomic E-state index is 0.789. The first-order chi connectivity index (χ1) is 13.4. The fourth-order valence-corrected chi connectivity index (χ4v) is 4.07. The lowest BCUT2D eigenvalue weighted by molar-refractivity contribution is 0.893. The molecule has 5 nitrogen and oxygen atoms in total. The van der Waals surface area contributed by atoms with Gasteiger partial charge in [-0.15, -0.1) is 11.8 Å². The fourth-order valence-electron chi connectivity index (χ4n) is 3.13. The number of nitrogens with zero attached hydrogens (tertiary/aromatic N) is 5. The van der Waals surface area contributed by atoms with E-state index in [2.05, 4.69) is 44.3 Å². The molecule has 0 radical (unpaired) electrons. The number of hydrogen-bond acceptors (Lipinski definition) is 5. The van der Waals surface area contributed by atoms with E-state index < -0.39 is 0 Å². The van der Waals surface area contributed by atoms with Crippen LogP contribution < -0.4 is 0 Å². The first-order valence-electron chi connectivity index (χ1n) is 8.60. The van der Waals surface area contributed by atoms with Gasteiger partial charge in [0.1, 0.15) is 11.4 Å². The number of rotatable bonds is 4. The van der Waals surface area contributed by atoms with Crippen molar-refractivity contribution in [3.05, 3.63) is 84.9 Å². The summed E-state index contributed by atoms with van der Waals surface area (Å²) in [5.74, 6) is 0.789. The number of aromatic nitrogens is 5. The van der Waals surface area contributed by atoms with Crippen LogP contribution in [0.3, 0.4) is 0 Å². The van der Waals surface area contributed by atoms with Gasteiger partial charge in [0.05, 0.1) is 22.8 Å². The second kappa shape index (κ2) is 6.81. The fraction of sp³-hybridized carbons (Fsp3) is 0.0476. The van der Waals surface area contributed by atoms with Crippen molar-refractivity contribution >= 4 is 33.7 Å². The molecular formula is C21H15N5S. The molecule has 6 heteroatoms. The van der Waals surface area contributed by atoms with E-state index in [0.717, 1.165) is 38.4 Å².